The topological polar surface area (TPSA) is 29.9 Å². The van der Waals surface area contributed by atoms with Gasteiger partial charge in [0.05, 0.1) is 23.0 Å². The molecule has 5 heteroatoms. The van der Waals surface area contributed by atoms with E-state index in [9.17, 15) is 0 Å². The number of rotatable bonds is 7. The first-order chi connectivity index (χ1) is 10.2. The van der Waals surface area contributed by atoms with E-state index < -0.39 is 0 Å². The van der Waals surface area contributed by atoms with Gasteiger partial charge in [0.15, 0.2) is 0 Å². The number of hydrogen-bond acceptors (Lipinski definition) is 2. The van der Waals surface area contributed by atoms with Crippen molar-refractivity contribution in [2.24, 2.45) is 0 Å². The summed E-state index contributed by atoms with van der Waals surface area (Å²) in [5, 5.41) is 8.68. The number of benzene rings is 1. The summed E-state index contributed by atoms with van der Waals surface area (Å²) in [6, 6.07) is 8.57. The zero-order chi connectivity index (χ0) is 15.2. The first-order valence-corrected chi connectivity index (χ1v) is 8.51. The van der Waals surface area contributed by atoms with Crippen molar-refractivity contribution in [1.82, 2.24) is 15.1 Å². The van der Waals surface area contributed by atoms with Crippen molar-refractivity contribution < 1.29 is 0 Å². The molecule has 114 valence electrons. The summed E-state index contributed by atoms with van der Waals surface area (Å²) in [4.78, 5) is 0. The Kier molecular flexibility index (Phi) is 6.27. The molecule has 0 aliphatic carbocycles. The smallest absolute Gasteiger partial charge is 0.0834 e. The standard InChI is InChI=1S/C16H21BrClN3/c1-3-8-21-16(14(18)11-20-21)15(19-4-2)10-12-6-5-7-13(17)9-12/h5-7,9,11,15,19H,3-4,8,10H2,1-2H3. The summed E-state index contributed by atoms with van der Waals surface area (Å²) < 4.78 is 3.12. The highest BCUT2D eigenvalue weighted by Crippen LogP contribution is 2.27. The quantitative estimate of drug-likeness (QED) is 0.772. The van der Waals surface area contributed by atoms with Gasteiger partial charge in [0.25, 0.3) is 0 Å². The Morgan fingerprint density at radius 2 is 2.19 bits per heavy atom. The lowest BCUT2D eigenvalue weighted by molar-refractivity contribution is 0.478. The van der Waals surface area contributed by atoms with Crippen LogP contribution in [0.5, 0.6) is 0 Å². The molecule has 0 saturated carbocycles. The summed E-state index contributed by atoms with van der Waals surface area (Å²) in [5.74, 6) is 0. The number of nitrogens with zero attached hydrogens (tertiary/aromatic N) is 2. The molecule has 0 bridgehead atoms. The van der Waals surface area contributed by atoms with Crippen LogP contribution in [0.3, 0.4) is 0 Å². The van der Waals surface area contributed by atoms with Crippen LogP contribution < -0.4 is 5.32 Å². The van der Waals surface area contributed by atoms with Crippen LogP contribution in [0.25, 0.3) is 0 Å². The van der Waals surface area contributed by atoms with Crippen LogP contribution in [-0.2, 0) is 13.0 Å². The van der Waals surface area contributed by atoms with Crippen molar-refractivity contribution in [1.29, 1.82) is 0 Å². The molecule has 2 aromatic rings. The predicted molar refractivity (Wildman–Crippen MR) is 91.8 cm³/mol. The molecule has 0 saturated heterocycles. The third-order valence-corrected chi connectivity index (χ3v) is 4.16. The summed E-state index contributed by atoms with van der Waals surface area (Å²) in [7, 11) is 0. The largest absolute Gasteiger partial charge is 0.309 e. The minimum Gasteiger partial charge on any atom is -0.309 e. The second-order valence-corrected chi connectivity index (χ2v) is 6.37. The molecule has 0 fully saturated rings. The number of aromatic nitrogens is 2. The Morgan fingerprint density at radius 3 is 2.86 bits per heavy atom. The molecule has 0 spiro atoms. The fourth-order valence-corrected chi connectivity index (χ4v) is 3.24. The van der Waals surface area contributed by atoms with Crippen LogP contribution in [0.4, 0.5) is 0 Å². The average molecular weight is 371 g/mol. The fraction of sp³-hybridized carbons (Fsp3) is 0.438. The lowest BCUT2D eigenvalue weighted by Crippen LogP contribution is -2.26. The number of nitrogens with one attached hydrogen (secondary N) is 1. The van der Waals surface area contributed by atoms with Gasteiger partial charge in [-0.25, -0.2) is 0 Å². The maximum absolute atomic E-state index is 6.38. The van der Waals surface area contributed by atoms with E-state index in [0.29, 0.717) is 0 Å². The van der Waals surface area contributed by atoms with Crippen LogP contribution in [0.1, 0.15) is 37.6 Å². The Labute approximate surface area is 139 Å². The molecule has 3 nitrogen and oxygen atoms in total. The molecule has 1 N–H and O–H groups in total. The first-order valence-electron chi connectivity index (χ1n) is 7.34. The van der Waals surface area contributed by atoms with Gasteiger partial charge in [-0.1, -0.05) is 53.5 Å². The normalized spacial score (nSPS) is 12.6. The minimum atomic E-state index is 0.172. The molecule has 21 heavy (non-hydrogen) atoms. The van der Waals surface area contributed by atoms with Crippen LogP contribution in [0.15, 0.2) is 34.9 Å². The van der Waals surface area contributed by atoms with Crippen molar-refractivity contribution in [3.63, 3.8) is 0 Å². The zero-order valence-corrected chi connectivity index (χ0v) is 14.8. The second-order valence-electron chi connectivity index (χ2n) is 5.05. The van der Waals surface area contributed by atoms with Crippen molar-refractivity contribution in [2.75, 3.05) is 6.54 Å². The third-order valence-electron chi connectivity index (χ3n) is 3.38. The van der Waals surface area contributed by atoms with E-state index in [1.807, 2.05) is 10.7 Å². The number of halogens is 2. The molecule has 1 aromatic heterocycles. The van der Waals surface area contributed by atoms with Crippen LogP contribution >= 0.6 is 27.5 Å². The second kappa shape index (κ2) is 7.97. The van der Waals surface area contributed by atoms with Crippen LogP contribution in [0.2, 0.25) is 5.02 Å². The fourth-order valence-electron chi connectivity index (χ4n) is 2.52. The van der Waals surface area contributed by atoms with Gasteiger partial charge in [0.1, 0.15) is 0 Å². The van der Waals surface area contributed by atoms with E-state index in [1.54, 1.807) is 6.20 Å². The van der Waals surface area contributed by atoms with Crippen molar-refractivity contribution in [3.8, 4) is 0 Å². The zero-order valence-electron chi connectivity index (χ0n) is 12.4. The Balaban J connectivity index is 2.28. The maximum Gasteiger partial charge on any atom is 0.0834 e. The number of aryl methyl sites for hydroxylation is 1. The molecular formula is C16H21BrClN3. The maximum atomic E-state index is 6.38. The lowest BCUT2D eigenvalue weighted by Gasteiger charge is -2.20. The SMILES string of the molecule is CCCn1ncc(Cl)c1C(Cc1cccc(Br)c1)NCC. The van der Waals surface area contributed by atoms with Gasteiger partial charge in [-0.15, -0.1) is 0 Å². The molecule has 1 unspecified atom stereocenters. The van der Waals surface area contributed by atoms with E-state index >= 15 is 0 Å². The lowest BCUT2D eigenvalue weighted by atomic mass is 10.0. The van der Waals surface area contributed by atoms with E-state index in [4.69, 9.17) is 11.6 Å². The molecule has 0 radical (unpaired) electrons. The molecular weight excluding hydrogens is 350 g/mol. The summed E-state index contributed by atoms with van der Waals surface area (Å²) in [5.41, 5.74) is 2.36. The summed E-state index contributed by atoms with van der Waals surface area (Å²) >= 11 is 9.91. The summed E-state index contributed by atoms with van der Waals surface area (Å²) in [6.07, 6.45) is 3.68. The molecule has 1 aromatic carbocycles. The highest BCUT2D eigenvalue weighted by Gasteiger charge is 2.20. The van der Waals surface area contributed by atoms with Gasteiger partial charge in [-0.05, 0) is 37.1 Å². The third kappa shape index (κ3) is 4.31. The Bertz CT molecular complexity index is 583. The first kappa shape index (κ1) is 16.5. The van der Waals surface area contributed by atoms with Gasteiger partial charge in [0.2, 0.25) is 0 Å². The molecule has 0 aliphatic heterocycles. The minimum absolute atomic E-state index is 0.172. The molecule has 1 heterocycles. The van der Waals surface area contributed by atoms with Gasteiger partial charge in [-0.2, -0.15) is 5.10 Å². The van der Waals surface area contributed by atoms with Crippen LogP contribution in [-0.4, -0.2) is 16.3 Å². The Hall–Kier alpha value is -0.840. The van der Waals surface area contributed by atoms with Gasteiger partial charge >= 0.3 is 0 Å². The van der Waals surface area contributed by atoms with E-state index in [0.717, 1.165) is 41.1 Å². The van der Waals surface area contributed by atoms with Crippen LogP contribution in [0, 0.1) is 0 Å². The van der Waals surface area contributed by atoms with Crippen molar-refractivity contribution in [3.05, 3.63) is 51.2 Å². The van der Waals surface area contributed by atoms with Crippen molar-refractivity contribution in [2.45, 2.75) is 39.3 Å². The molecule has 2 rings (SSSR count). The number of likely N-dealkylation sites (N-methyl/N-ethyl adjacent to an activating group) is 1. The van der Waals surface area contributed by atoms with Crippen molar-refractivity contribution >= 4 is 27.5 Å². The van der Waals surface area contributed by atoms with E-state index in [2.05, 4.69) is 58.4 Å². The Morgan fingerprint density at radius 1 is 1.38 bits per heavy atom. The molecule has 0 amide bonds. The highest BCUT2D eigenvalue weighted by molar-refractivity contribution is 9.10. The number of hydrogen-bond donors (Lipinski definition) is 1. The van der Waals surface area contributed by atoms with E-state index in [1.165, 1.54) is 5.56 Å². The van der Waals surface area contributed by atoms with Gasteiger partial charge < -0.3 is 5.32 Å². The summed E-state index contributed by atoms with van der Waals surface area (Å²) in [6.45, 7) is 6.05. The predicted octanol–water partition coefficient (Wildman–Crippen LogP) is 4.60. The average Bonchev–Trinajstić information content (AvgIpc) is 2.80. The van der Waals surface area contributed by atoms with Gasteiger partial charge in [0, 0.05) is 11.0 Å². The van der Waals surface area contributed by atoms with Gasteiger partial charge in [-0.3, -0.25) is 4.68 Å². The monoisotopic (exact) mass is 369 g/mol. The van der Waals surface area contributed by atoms with E-state index in [-0.39, 0.29) is 6.04 Å². The molecule has 1 atom stereocenters. The molecule has 0 aliphatic rings. The highest BCUT2D eigenvalue weighted by atomic mass is 79.9.